The Morgan fingerprint density at radius 1 is 1.10 bits per heavy atom. The summed E-state index contributed by atoms with van der Waals surface area (Å²) in [6, 6.07) is 11.8. The van der Waals surface area contributed by atoms with Gasteiger partial charge in [0.05, 0.1) is 20.6 Å². The van der Waals surface area contributed by atoms with Crippen LogP contribution >= 0.6 is 22.9 Å². The van der Waals surface area contributed by atoms with Crippen LogP contribution in [0.25, 0.3) is 10.2 Å². The second kappa shape index (κ2) is 5.46. The average molecular weight is 310 g/mol. The predicted molar refractivity (Wildman–Crippen MR) is 78.3 cm³/mol. The van der Waals surface area contributed by atoms with Crippen LogP contribution in [0.1, 0.15) is 15.9 Å². The highest BCUT2D eigenvalue weighted by Gasteiger charge is 2.18. The van der Waals surface area contributed by atoms with E-state index in [1.165, 1.54) is 23.5 Å². The fraction of sp³-hybridized carbons (Fsp3) is 0.133. The normalized spacial score (nSPS) is 12.8. The summed E-state index contributed by atoms with van der Waals surface area (Å²) in [7, 11) is 0. The van der Waals surface area contributed by atoms with Gasteiger partial charge in [-0.1, -0.05) is 24.3 Å². The second-order valence-electron chi connectivity index (χ2n) is 4.39. The third-order valence-corrected chi connectivity index (χ3v) is 4.46. The van der Waals surface area contributed by atoms with Crippen molar-refractivity contribution < 1.29 is 8.78 Å². The van der Waals surface area contributed by atoms with Crippen LogP contribution in [0.5, 0.6) is 0 Å². The maximum Gasteiger partial charge on any atom is 0.163 e. The molecule has 5 heteroatoms. The minimum absolute atomic E-state index is 0.172. The lowest BCUT2D eigenvalue weighted by Crippen LogP contribution is -2.00. The Kier molecular flexibility index (Phi) is 3.68. The molecule has 1 aromatic heterocycles. The molecule has 1 nitrogen and oxygen atoms in total. The number of hydrogen-bond acceptors (Lipinski definition) is 2. The number of para-hydroxylation sites is 1. The fourth-order valence-electron chi connectivity index (χ4n) is 2.03. The summed E-state index contributed by atoms with van der Waals surface area (Å²) in [6.07, 6.45) is 0.376. The fourth-order valence-corrected chi connectivity index (χ4v) is 3.45. The first-order valence-corrected chi connectivity index (χ1v) is 7.33. The van der Waals surface area contributed by atoms with Gasteiger partial charge >= 0.3 is 0 Å². The molecule has 2 aromatic carbocycles. The van der Waals surface area contributed by atoms with Crippen LogP contribution in [0, 0.1) is 11.6 Å². The molecular weight excluding hydrogens is 300 g/mol. The third-order valence-electron chi connectivity index (χ3n) is 3.01. The van der Waals surface area contributed by atoms with E-state index >= 15 is 0 Å². The zero-order valence-electron chi connectivity index (χ0n) is 10.3. The largest absolute Gasteiger partial charge is 0.241 e. The molecule has 0 spiro atoms. The number of fused-ring (bicyclic) bond motifs is 1. The van der Waals surface area contributed by atoms with Crippen LogP contribution in [0.4, 0.5) is 8.78 Å². The van der Waals surface area contributed by atoms with E-state index in [4.69, 9.17) is 11.6 Å². The van der Waals surface area contributed by atoms with Gasteiger partial charge in [-0.3, -0.25) is 0 Å². The summed E-state index contributed by atoms with van der Waals surface area (Å²) in [5, 5.41) is 0.182. The molecule has 3 aromatic rings. The van der Waals surface area contributed by atoms with E-state index in [9.17, 15) is 8.78 Å². The highest BCUT2D eigenvalue weighted by molar-refractivity contribution is 7.18. The summed E-state index contributed by atoms with van der Waals surface area (Å²) in [5.41, 5.74) is 1.07. The summed E-state index contributed by atoms with van der Waals surface area (Å²) in [6.45, 7) is 0. The van der Waals surface area contributed by atoms with Gasteiger partial charge in [0.15, 0.2) is 11.6 Å². The average Bonchev–Trinajstić information content (AvgIpc) is 2.83. The van der Waals surface area contributed by atoms with Crippen molar-refractivity contribution in [2.45, 2.75) is 11.8 Å². The first kappa shape index (κ1) is 13.5. The molecule has 0 aliphatic heterocycles. The lowest BCUT2D eigenvalue weighted by molar-refractivity contribution is 0.497. The molecule has 1 atom stereocenters. The van der Waals surface area contributed by atoms with Gasteiger partial charge in [-0.2, -0.15) is 0 Å². The lowest BCUT2D eigenvalue weighted by atomic mass is 10.1. The van der Waals surface area contributed by atoms with Crippen LogP contribution in [0.15, 0.2) is 42.5 Å². The SMILES string of the molecule is Fc1cccc(C(Cl)Cc2nc3ccccc3s2)c1F. The molecule has 102 valence electrons. The van der Waals surface area contributed by atoms with Crippen molar-refractivity contribution >= 4 is 33.2 Å². The molecular formula is C15H10ClF2NS. The molecule has 20 heavy (non-hydrogen) atoms. The highest BCUT2D eigenvalue weighted by atomic mass is 35.5. The van der Waals surface area contributed by atoms with Gasteiger partial charge in [0.25, 0.3) is 0 Å². The second-order valence-corrected chi connectivity index (χ2v) is 6.03. The first-order valence-electron chi connectivity index (χ1n) is 6.07. The van der Waals surface area contributed by atoms with Gasteiger partial charge in [0, 0.05) is 12.0 Å². The number of nitrogens with zero attached hydrogens (tertiary/aromatic N) is 1. The Bertz CT molecular complexity index is 723. The van der Waals surface area contributed by atoms with E-state index < -0.39 is 17.0 Å². The molecule has 0 saturated carbocycles. The summed E-state index contributed by atoms with van der Waals surface area (Å²) < 4.78 is 27.9. The van der Waals surface area contributed by atoms with Crippen molar-refractivity contribution in [3.8, 4) is 0 Å². The van der Waals surface area contributed by atoms with Crippen LogP contribution in [-0.4, -0.2) is 4.98 Å². The third kappa shape index (κ3) is 2.53. The van der Waals surface area contributed by atoms with Crippen molar-refractivity contribution in [2.24, 2.45) is 0 Å². The topological polar surface area (TPSA) is 12.9 Å². The molecule has 1 unspecified atom stereocenters. The number of hydrogen-bond donors (Lipinski definition) is 0. The predicted octanol–water partition coefficient (Wildman–Crippen LogP) is 5.10. The number of thiazole rings is 1. The number of benzene rings is 2. The zero-order chi connectivity index (χ0) is 14.1. The van der Waals surface area contributed by atoms with Crippen molar-refractivity contribution in [2.75, 3.05) is 0 Å². The number of alkyl halides is 1. The van der Waals surface area contributed by atoms with Gasteiger partial charge < -0.3 is 0 Å². The van der Waals surface area contributed by atoms with Crippen LogP contribution < -0.4 is 0 Å². The maximum atomic E-state index is 13.7. The van der Waals surface area contributed by atoms with Crippen molar-refractivity contribution in [1.29, 1.82) is 0 Å². The smallest absolute Gasteiger partial charge is 0.163 e. The van der Waals surface area contributed by atoms with Gasteiger partial charge in [-0.05, 0) is 18.2 Å². The van der Waals surface area contributed by atoms with Crippen molar-refractivity contribution in [1.82, 2.24) is 4.98 Å². The number of halogens is 3. The van der Waals surface area contributed by atoms with E-state index in [1.54, 1.807) is 0 Å². The van der Waals surface area contributed by atoms with Crippen LogP contribution in [0.2, 0.25) is 0 Å². The van der Waals surface area contributed by atoms with E-state index in [2.05, 4.69) is 4.98 Å². The lowest BCUT2D eigenvalue weighted by Gasteiger charge is -2.09. The Hall–Kier alpha value is -1.52. The monoisotopic (exact) mass is 309 g/mol. The quantitative estimate of drug-likeness (QED) is 0.614. The Balaban J connectivity index is 1.88. The molecule has 3 rings (SSSR count). The Morgan fingerprint density at radius 2 is 1.90 bits per heavy atom. The van der Waals surface area contributed by atoms with E-state index in [0.717, 1.165) is 21.3 Å². The summed E-state index contributed by atoms with van der Waals surface area (Å²) in [4.78, 5) is 4.45. The maximum absolute atomic E-state index is 13.7. The van der Waals surface area contributed by atoms with Gasteiger partial charge in [-0.25, -0.2) is 13.8 Å². The molecule has 0 saturated heterocycles. The van der Waals surface area contributed by atoms with Gasteiger partial charge in [-0.15, -0.1) is 22.9 Å². The molecule has 0 radical (unpaired) electrons. The zero-order valence-corrected chi connectivity index (χ0v) is 11.9. The van der Waals surface area contributed by atoms with Crippen LogP contribution in [-0.2, 0) is 6.42 Å². The van der Waals surface area contributed by atoms with Gasteiger partial charge in [0.2, 0.25) is 0 Å². The van der Waals surface area contributed by atoms with E-state index in [0.29, 0.717) is 6.42 Å². The molecule has 0 amide bonds. The Morgan fingerprint density at radius 3 is 2.70 bits per heavy atom. The Labute approximate surface area is 123 Å². The standard InChI is InChI=1S/C15H10ClF2NS/c16-10(9-4-3-5-11(17)15(9)18)8-14-19-12-6-1-2-7-13(12)20-14/h1-7,10H,8H2. The van der Waals surface area contributed by atoms with Gasteiger partial charge in [0.1, 0.15) is 0 Å². The molecule has 0 aliphatic carbocycles. The minimum atomic E-state index is -0.881. The molecule has 0 bridgehead atoms. The number of rotatable bonds is 3. The molecule has 0 aliphatic rings. The summed E-state index contributed by atoms with van der Waals surface area (Å²) >= 11 is 7.72. The van der Waals surface area contributed by atoms with E-state index in [-0.39, 0.29) is 5.56 Å². The highest BCUT2D eigenvalue weighted by Crippen LogP contribution is 2.31. The number of aromatic nitrogens is 1. The van der Waals surface area contributed by atoms with Crippen molar-refractivity contribution in [3.63, 3.8) is 0 Å². The van der Waals surface area contributed by atoms with E-state index in [1.807, 2.05) is 24.3 Å². The first-order chi connectivity index (χ1) is 9.65. The van der Waals surface area contributed by atoms with Crippen LogP contribution in [0.3, 0.4) is 0 Å². The minimum Gasteiger partial charge on any atom is -0.241 e. The molecule has 0 fully saturated rings. The molecule has 1 heterocycles. The summed E-state index contributed by atoms with van der Waals surface area (Å²) in [5.74, 6) is -1.76. The van der Waals surface area contributed by atoms with Crippen molar-refractivity contribution in [3.05, 3.63) is 64.7 Å². The molecule has 0 N–H and O–H groups in total.